The summed E-state index contributed by atoms with van der Waals surface area (Å²) in [5.74, 6) is -0.131. The van der Waals surface area contributed by atoms with Gasteiger partial charge in [0.25, 0.3) is 0 Å². The van der Waals surface area contributed by atoms with E-state index >= 15 is 0 Å². The number of carbonyl (C=O) groups excluding carboxylic acids is 1. The third-order valence-electron chi connectivity index (χ3n) is 3.14. The van der Waals surface area contributed by atoms with Crippen molar-refractivity contribution in [3.63, 3.8) is 0 Å². The fourth-order valence-corrected chi connectivity index (χ4v) is 2.12. The maximum Gasteiger partial charge on any atom is 0.235 e. The standard InChI is InChI=1S/C14H19ClN2O2/c15-9-14(18)16-10-12-1-3-13(4-2-12)11-17-5-7-19-8-6-17/h1-4H,5-11H2,(H,16,18). The van der Waals surface area contributed by atoms with E-state index < -0.39 is 0 Å². The van der Waals surface area contributed by atoms with Gasteiger partial charge >= 0.3 is 0 Å². The number of alkyl halides is 1. The van der Waals surface area contributed by atoms with Crippen molar-refractivity contribution in [1.82, 2.24) is 10.2 Å². The summed E-state index contributed by atoms with van der Waals surface area (Å²) in [5.41, 5.74) is 2.37. The fraction of sp³-hybridized carbons (Fsp3) is 0.500. The molecular weight excluding hydrogens is 264 g/mol. The number of nitrogens with zero attached hydrogens (tertiary/aromatic N) is 1. The maximum atomic E-state index is 11.1. The Morgan fingerprint density at radius 1 is 1.21 bits per heavy atom. The summed E-state index contributed by atoms with van der Waals surface area (Å²) >= 11 is 5.42. The number of rotatable bonds is 5. The molecule has 0 radical (unpaired) electrons. The van der Waals surface area contributed by atoms with Gasteiger partial charge in [0.05, 0.1) is 13.2 Å². The van der Waals surface area contributed by atoms with Crippen LogP contribution in [-0.4, -0.2) is 43.0 Å². The summed E-state index contributed by atoms with van der Waals surface area (Å²) in [4.78, 5) is 13.4. The summed E-state index contributed by atoms with van der Waals surface area (Å²) < 4.78 is 5.33. The molecule has 1 heterocycles. The summed E-state index contributed by atoms with van der Waals surface area (Å²) in [7, 11) is 0. The number of halogens is 1. The van der Waals surface area contributed by atoms with Crippen molar-refractivity contribution in [3.05, 3.63) is 35.4 Å². The average Bonchev–Trinajstić information content (AvgIpc) is 2.47. The Labute approximate surface area is 118 Å². The van der Waals surface area contributed by atoms with Gasteiger partial charge < -0.3 is 10.1 Å². The van der Waals surface area contributed by atoms with Gasteiger partial charge in [-0.05, 0) is 11.1 Å². The number of amides is 1. The average molecular weight is 283 g/mol. The highest BCUT2D eigenvalue weighted by Gasteiger charge is 2.10. The minimum atomic E-state index is -0.140. The highest BCUT2D eigenvalue weighted by Crippen LogP contribution is 2.09. The molecule has 1 aromatic carbocycles. The van der Waals surface area contributed by atoms with Crippen LogP contribution in [0.2, 0.25) is 0 Å². The first-order valence-corrected chi connectivity index (χ1v) is 7.02. The largest absolute Gasteiger partial charge is 0.379 e. The lowest BCUT2D eigenvalue weighted by atomic mass is 10.1. The number of ether oxygens (including phenoxy) is 1. The monoisotopic (exact) mass is 282 g/mol. The Kier molecular flexibility index (Phi) is 5.63. The van der Waals surface area contributed by atoms with Gasteiger partial charge in [-0.3, -0.25) is 9.69 Å². The molecule has 1 aromatic rings. The van der Waals surface area contributed by atoms with Gasteiger partial charge in [0.1, 0.15) is 5.88 Å². The van der Waals surface area contributed by atoms with Crippen LogP contribution in [0.5, 0.6) is 0 Å². The molecule has 1 aliphatic rings. The van der Waals surface area contributed by atoms with Crippen molar-refractivity contribution >= 4 is 17.5 Å². The Morgan fingerprint density at radius 3 is 2.47 bits per heavy atom. The Hall–Kier alpha value is -1.10. The van der Waals surface area contributed by atoms with Gasteiger partial charge in [0.2, 0.25) is 5.91 Å². The quantitative estimate of drug-likeness (QED) is 0.830. The molecule has 0 aromatic heterocycles. The highest BCUT2D eigenvalue weighted by molar-refractivity contribution is 6.27. The van der Waals surface area contributed by atoms with Crippen LogP contribution in [0.25, 0.3) is 0 Å². The van der Waals surface area contributed by atoms with E-state index in [2.05, 4.69) is 22.3 Å². The topological polar surface area (TPSA) is 41.6 Å². The van der Waals surface area contributed by atoms with Gasteiger partial charge in [-0.25, -0.2) is 0 Å². The number of hydrogen-bond acceptors (Lipinski definition) is 3. The Bertz CT molecular complexity index is 402. The van der Waals surface area contributed by atoms with Crippen LogP contribution in [0.3, 0.4) is 0 Å². The summed E-state index contributed by atoms with van der Waals surface area (Å²) in [6.07, 6.45) is 0. The first-order valence-electron chi connectivity index (χ1n) is 6.48. The predicted octanol–water partition coefficient (Wildman–Crippen LogP) is 1.37. The van der Waals surface area contributed by atoms with Crippen molar-refractivity contribution in [2.75, 3.05) is 32.2 Å². The zero-order valence-corrected chi connectivity index (χ0v) is 11.7. The first kappa shape index (κ1) is 14.3. The minimum absolute atomic E-state index is 0.00904. The molecule has 4 nitrogen and oxygen atoms in total. The van der Waals surface area contributed by atoms with E-state index in [1.54, 1.807) is 0 Å². The van der Waals surface area contributed by atoms with Crippen LogP contribution in [0.4, 0.5) is 0 Å². The molecule has 0 atom stereocenters. The van der Waals surface area contributed by atoms with E-state index in [1.807, 2.05) is 12.1 Å². The van der Waals surface area contributed by atoms with Crippen LogP contribution < -0.4 is 5.32 Å². The van der Waals surface area contributed by atoms with E-state index in [9.17, 15) is 4.79 Å². The molecule has 0 bridgehead atoms. The molecule has 1 fully saturated rings. The lowest BCUT2D eigenvalue weighted by Gasteiger charge is -2.26. The minimum Gasteiger partial charge on any atom is -0.379 e. The van der Waals surface area contributed by atoms with E-state index in [4.69, 9.17) is 16.3 Å². The highest BCUT2D eigenvalue weighted by atomic mass is 35.5. The van der Waals surface area contributed by atoms with Gasteiger partial charge in [-0.1, -0.05) is 24.3 Å². The maximum absolute atomic E-state index is 11.1. The molecule has 2 rings (SSSR count). The molecule has 0 saturated carbocycles. The number of morpholine rings is 1. The molecule has 19 heavy (non-hydrogen) atoms. The number of benzene rings is 1. The lowest BCUT2D eigenvalue weighted by molar-refractivity contribution is -0.118. The molecule has 0 spiro atoms. The van der Waals surface area contributed by atoms with Crippen molar-refractivity contribution in [2.45, 2.75) is 13.1 Å². The Balaban J connectivity index is 1.82. The van der Waals surface area contributed by atoms with Crippen LogP contribution >= 0.6 is 11.6 Å². The number of carbonyl (C=O) groups is 1. The van der Waals surface area contributed by atoms with Crippen molar-refractivity contribution < 1.29 is 9.53 Å². The molecule has 104 valence electrons. The summed E-state index contributed by atoms with van der Waals surface area (Å²) in [5, 5.41) is 2.75. The molecule has 1 aliphatic heterocycles. The number of hydrogen-bond donors (Lipinski definition) is 1. The van der Waals surface area contributed by atoms with Gasteiger partial charge in [0, 0.05) is 26.2 Å². The third-order valence-corrected chi connectivity index (χ3v) is 3.39. The van der Waals surface area contributed by atoms with Crippen molar-refractivity contribution in [1.29, 1.82) is 0 Å². The van der Waals surface area contributed by atoms with Crippen LogP contribution in [-0.2, 0) is 22.6 Å². The zero-order valence-electron chi connectivity index (χ0n) is 10.9. The van der Waals surface area contributed by atoms with Crippen LogP contribution in [0, 0.1) is 0 Å². The molecule has 1 saturated heterocycles. The molecular formula is C14H19ClN2O2. The normalized spacial score (nSPS) is 16.3. The molecule has 0 unspecified atom stereocenters. The summed E-state index contributed by atoms with van der Waals surface area (Å²) in [6.45, 7) is 5.12. The molecule has 0 aliphatic carbocycles. The van der Waals surface area contributed by atoms with E-state index in [0.29, 0.717) is 6.54 Å². The second-order valence-corrected chi connectivity index (χ2v) is 4.88. The Morgan fingerprint density at radius 2 is 1.84 bits per heavy atom. The smallest absolute Gasteiger partial charge is 0.235 e. The van der Waals surface area contributed by atoms with Crippen LogP contribution in [0.15, 0.2) is 24.3 Å². The van der Waals surface area contributed by atoms with Gasteiger partial charge in [-0.2, -0.15) is 0 Å². The van der Waals surface area contributed by atoms with Crippen molar-refractivity contribution in [3.8, 4) is 0 Å². The SMILES string of the molecule is O=C(CCl)NCc1ccc(CN2CCOCC2)cc1. The molecule has 5 heteroatoms. The first-order chi connectivity index (χ1) is 9.28. The van der Waals surface area contributed by atoms with E-state index in [-0.39, 0.29) is 11.8 Å². The predicted molar refractivity (Wildman–Crippen MR) is 75.1 cm³/mol. The van der Waals surface area contributed by atoms with Crippen LogP contribution in [0.1, 0.15) is 11.1 Å². The summed E-state index contributed by atoms with van der Waals surface area (Å²) in [6, 6.07) is 8.31. The molecule has 1 amide bonds. The number of nitrogens with one attached hydrogen (secondary N) is 1. The van der Waals surface area contributed by atoms with Gasteiger partial charge in [0.15, 0.2) is 0 Å². The zero-order chi connectivity index (χ0) is 13.5. The van der Waals surface area contributed by atoms with E-state index in [1.165, 1.54) is 5.56 Å². The van der Waals surface area contributed by atoms with Gasteiger partial charge in [-0.15, -0.1) is 11.6 Å². The van der Waals surface area contributed by atoms with E-state index in [0.717, 1.165) is 38.4 Å². The molecule has 1 N–H and O–H groups in total. The third kappa shape index (κ3) is 4.82. The lowest BCUT2D eigenvalue weighted by Crippen LogP contribution is -2.35. The van der Waals surface area contributed by atoms with Crippen molar-refractivity contribution in [2.24, 2.45) is 0 Å². The fourth-order valence-electron chi connectivity index (χ4n) is 2.03. The second kappa shape index (κ2) is 7.48. The second-order valence-electron chi connectivity index (χ2n) is 4.62.